The van der Waals surface area contributed by atoms with Crippen molar-refractivity contribution in [3.05, 3.63) is 29.8 Å². The Kier molecular flexibility index (Phi) is 5.71. The summed E-state index contributed by atoms with van der Waals surface area (Å²) < 4.78 is 26.5. The predicted octanol–water partition coefficient (Wildman–Crippen LogP) is 2.67. The SMILES string of the molecule is CC(CCN)CCC(=O)Nc1c(F)cccc1F. The van der Waals surface area contributed by atoms with Crippen LogP contribution in [0.1, 0.15) is 26.2 Å². The Labute approximate surface area is 105 Å². The van der Waals surface area contributed by atoms with E-state index in [1.165, 1.54) is 6.07 Å². The molecule has 0 aromatic heterocycles. The van der Waals surface area contributed by atoms with Crippen molar-refractivity contribution in [2.75, 3.05) is 11.9 Å². The molecule has 5 heteroatoms. The molecule has 1 unspecified atom stereocenters. The van der Waals surface area contributed by atoms with Crippen LogP contribution >= 0.6 is 0 Å². The van der Waals surface area contributed by atoms with Crippen molar-refractivity contribution < 1.29 is 13.6 Å². The summed E-state index contributed by atoms with van der Waals surface area (Å²) in [5, 5.41) is 2.26. The number of benzene rings is 1. The molecule has 0 bridgehead atoms. The third kappa shape index (κ3) is 4.41. The number of amides is 1. The van der Waals surface area contributed by atoms with Crippen LogP contribution in [-0.4, -0.2) is 12.5 Å². The smallest absolute Gasteiger partial charge is 0.224 e. The third-order valence-electron chi connectivity index (χ3n) is 2.75. The van der Waals surface area contributed by atoms with Crippen LogP contribution in [0.4, 0.5) is 14.5 Å². The zero-order valence-corrected chi connectivity index (χ0v) is 10.4. The lowest BCUT2D eigenvalue weighted by Crippen LogP contribution is -2.15. The average molecular weight is 256 g/mol. The van der Waals surface area contributed by atoms with E-state index in [2.05, 4.69) is 5.32 Å². The lowest BCUT2D eigenvalue weighted by Gasteiger charge is -2.10. The van der Waals surface area contributed by atoms with E-state index in [0.717, 1.165) is 18.6 Å². The first-order chi connectivity index (χ1) is 8.54. The van der Waals surface area contributed by atoms with Crippen LogP contribution in [0.5, 0.6) is 0 Å². The molecule has 0 radical (unpaired) electrons. The van der Waals surface area contributed by atoms with Gasteiger partial charge in [-0.3, -0.25) is 4.79 Å². The van der Waals surface area contributed by atoms with Crippen LogP contribution in [0, 0.1) is 17.6 Å². The van der Waals surface area contributed by atoms with Crippen LogP contribution in [0.2, 0.25) is 0 Å². The summed E-state index contributed by atoms with van der Waals surface area (Å²) in [6, 6.07) is 3.47. The quantitative estimate of drug-likeness (QED) is 0.822. The monoisotopic (exact) mass is 256 g/mol. The molecular formula is C13H18F2N2O. The number of rotatable bonds is 6. The first-order valence-electron chi connectivity index (χ1n) is 5.98. The largest absolute Gasteiger partial charge is 0.330 e. The maximum Gasteiger partial charge on any atom is 0.224 e. The Morgan fingerprint density at radius 2 is 1.94 bits per heavy atom. The number of anilines is 1. The van der Waals surface area contributed by atoms with Gasteiger partial charge < -0.3 is 11.1 Å². The number of carbonyl (C=O) groups excluding carboxylic acids is 1. The number of nitrogens with two attached hydrogens (primary N) is 1. The summed E-state index contributed by atoms with van der Waals surface area (Å²) in [5.41, 5.74) is 5.02. The van der Waals surface area contributed by atoms with E-state index in [0.29, 0.717) is 18.9 Å². The number of carbonyl (C=O) groups is 1. The van der Waals surface area contributed by atoms with Crippen molar-refractivity contribution in [1.29, 1.82) is 0 Å². The summed E-state index contributed by atoms with van der Waals surface area (Å²) in [4.78, 5) is 11.5. The molecule has 1 amide bonds. The van der Waals surface area contributed by atoms with Crippen molar-refractivity contribution >= 4 is 11.6 Å². The Morgan fingerprint density at radius 1 is 1.33 bits per heavy atom. The Balaban J connectivity index is 2.50. The first kappa shape index (κ1) is 14.6. The summed E-state index contributed by atoms with van der Waals surface area (Å²) >= 11 is 0. The van der Waals surface area contributed by atoms with Crippen molar-refractivity contribution in [2.45, 2.75) is 26.2 Å². The maximum absolute atomic E-state index is 13.3. The molecule has 3 N–H and O–H groups in total. The lowest BCUT2D eigenvalue weighted by atomic mass is 10.0. The molecule has 1 aromatic rings. The molecular weight excluding hydrogens is 238 g/mol. The second-order valence-electron chi connectivity index (χ2n) is 4.37. The summed E-state index contributed by atoms with van der Waals surface area (Å²) in [5.74, 6) is -1.59. The highest BCUT2D eigenvalue weighted by Crippen LogP contribution is 2.19. The van der Waals surface area contributed by atoms with E-state index in [9.17, 15) is 13.6 Å². The molecule has 0 aliphatic carbocycles. The Morgan fingerprint density at radius 3 is 2.50 bits per heavy atom. The van der Waals surface area contributed by atoms with Gasteiger partial charge in [-0.15, -0.1) is 0 Å². The zero-order valence-electron chi connectivity index (χ0n) is 10.4. The normalized spacial score (nSPS) is 12.2. The van der Waals surface area contributed by atoms with Crippen LogP contribution in [0.15, 0.2) is 18.2 Å². The first-order valence-corrected chi connectivity index (χ1v) is 5.98. The van der Waals surface area contributed by atoms with Crippen molar-refractivity contribution in [3.63, 3.8) is 0 Å². The topological polar surface area (TPSA) is 55.1 Å². The molecule has 3 nitrogen and oxygen atoms in total. The summed E-state index contributed by atoms with van der Waals surface area (Å²) in [7, 11) is 0. The summed E-state index contributed by atoms with van der Waals surface area (Å²) in [6.07, 6.45) is 1.72. The van der Waals surface area contributed by atoms with Crippen molar-refractivity contribution in [1.82, 2.24) is 0 Å². The molecule has 0 saturated heterocycles. The second kappa shape index (κ2) is 7.06. The van der Waals surface area contributed by atoms with E-state index in [1.807, 2.05) is 6.92 Å². The second-order valence-corrected chi connectivity index (χ2v) is 4.37. The molecule has 1 rings (SSSR count). The summed E-state index contributed by atoms with van der Waals surface area (Å²) in [6.45, 7) is 2.56. The van der Waals surface area contributed by atoms with E-state index in [1.54, 1.807) is 0 Å². The van der Waals surface area contributed by atoms with E-state index >= 15 is 0 Å². The number of hydrogen-bond donors (Lipinski definition) is 2. The highest BCUT2D eigenvalue weighted by molar-refractivity contribution is 5.90. The van der Waals surface area contributed by atoms with Crippen LogP contribution in [0.25, 0.3) is 0 Å². The van der Waals surface area contributed by atoms with Gasteiger partial charge in [0, 0.05) is 6.42 Å². The number of nitrogens with one attached hydrogen (secondary N) is 1. The highest BCUT2D eigenvalue weighted by Gasteiger charge is 2.12. The van der Waals surface area contributed by atoms with Crippen LogP contribution in [-0.2, 0) is 4.79 Å². The van der Waals surface area contributed by atoms with Crippen molar-refractivity contribution in [3.8, 4) is 0 Å². The van der Waals surface area contributed by atoms with Gasteiger partial charge in [0.25, 0.3) is 0 Å². The molecule has 0 heterocycles. The third-order valence-corrected chi connectivity index (χ3v) is 2.75. The maximum atomic E-state index is 13.3. The van der Waals surface area contributed by atoms with E-state index < -0.39 is 11.6 Å². The van der Waals surface area contributed by atoms with Gasteiger partial charge in [-0.1, -0.05) is 13.0 Å². The lowest BCUT2D eigenvalue weighted by molar-refractivity contribution is -0.116. The van der Waals surface area contributed by atoms with Gasteiger partial charge >= 0.3 is 0 Å². The fourth-order valence-corrected chi connectivity index (χ4v) is 1.63. The van der Waals surface area contributed by atoms with E-state index in [4.69, 9.17) is 5.73 Å². The van der Waals surface area contributed by atoms with Gasteiger partial charge in [-0.2, -0.15) is 0 Å². The van der Waals surface area contributed by atoms with Gasteiger partial charge in [-0.25, -0.2) is 8.78 Å². The molecule has 18 heavy (non-hydrogen) atoms. The molecule has 0 spiro atoms. The fraction of sp³-hybridized carbons (Fsp3) is 0.462. The molecule has 100 valence electrons. The molecule has 0 aliphatic rings. The fourth-order valence-electron chi connectivity index (χ4n) is 1.63. The van der Waals surface area contributed by atoms with Gasteiger partial charge in [-0.05, 0) is 37.4 Å². The minimum absolute atomic E-state index is 0.231. The standard InChI is InChI=1S/C13H18F2N2O/c1-9(7-8-16)5-6-12(18)17-13-10(14)3-2-4-11(13)15/h2-4,9H,5-8,16H2,1H3,(H,17,18). The molecule has 0 fully saturated rings. The minimum atomic E-state index is -0.765. The number of para-hydroxylation sites is 1. The predicted molar refractivity (Wildman–Crippen MR) is 67.1 cm³/mol. The Hall–Kier alpha value is -1.49. The molecule has 1 aromatic carbocycles. The van der Waals surface area contributed by atoms with Gasteiger partial charge in [0.2, 0.25) is 5.91 Å². The van der Waals surface area contributed by atoms with Gasteiger partial charge in [0.1, 0.15) is 17.3 Å². The molecule has 0 aliphatic heterocycles. The Bertz CT molecular complexity index is 390. The number of halogens is 2. The minimum Gasteiger partial charge on any atom is -0.330 e. The number of hydrogen-bond acceptors (Lipinski definition) is 2. The molecule has 0 saturated carbocycles. The van der Waals surface area contributed by atoms with Crippen molar-refractivity contribution in [2.24, 2.45) is 11.7 Å². The van der Waals surface area contributed by atoms with Gasteiger partial charge in [0.15, 0.2) is 0 Å². The van der Waals surface area contributed by atoms with Gasteiger partial charge in [0.05, 0.1) is 0 Å². The van der Waals surface area contributed by atoms with Crippen LogP contribution < -0.4 is 11.1 Å². The van der Waals surface area contributed by atoms with Crippen LogP contribution in [0.3, 0.4) is 0 Å². The molecule has 1 atom stereocenters. The van der Waals surface area contributed by atoms with E-state index in [-0.39, 0.29) is 18.0 Å². The zero-order chi connectivity index (χ0) is 13.5. The average Bonchev–Trinajstić information content (AvgIpc) is 2.32. The highest BCUT2D eigenvalue weighted by atomic mass is 19.1.